The minimum atomic E-state index is -0.286. The molecule has 0 saturated heterocycles. The van der Waals surface area contributed by atoms with Gasteiger partial charge in [0.05, 0.1) is 0 Å². The third kappa shape index (κ3) is 0.975. The number of carbonyl (C=O) groups is 1. The fourth-order valence-electron chi connectivity index (χ4n) is 2.15. The molecular weight excluding hydrogens is 166 g/mol. The van der Waals surface area contributed by atoms with Crippen LogP contribution in [-0.4, -0.2) is 28.9 Å². The highest BCUT2D eigenvalue weighted by Crippen LogP contribution is 2.45. The first-order chi connectivity index (χ1) is 6.10. The molecule has 0 spiro atoms. The number of amides is 2. The smallest absolute Gasteiger partial charge is 0.346 e. The molecule has 0 radical (unpaired) electrons. The van der Waals surface area contributed by atoms with Crippen LogP contribution in [0.1, 0.15) is 26.7 Å². The summed E-state index contributed by atoms with van der Waals surface area (Å²) in [6.07, 6.45) is 2.33. The molecule has 4 nitrogen and oxygen atoms in total. The van der Waals surface area contributed by atoms with Crippen LogP contribution in [0.15, 0.2) is 4.99 Å². The Bertz CT molecular complexity index is 283. The molecule has 1 unspecified atom stereocenters. The number of nitrogens with zero attached hydrogens (tertiary/aromatic N) is 2. The monoisotopic (exact) mass is 181 g/mol. The van der Waals surface area contributed by atoms with Gasteiger partial charge in [-0.15, -0.1) is 0 Å². The van der Waals surface area contributed by atoms with Gasteiger partial charge in [-0.2, -0.15) is 4.99 Å². The number of amidine groups is 1. The Morgan fingerprint density at radius 1 is 1.69 bits per heavy atom. The van der Waals surface area contributed by atoms with Crippen LogP contribution in [0.2, 0.25) is 0 Å². The molecule has 2 rings (SSSR count). The lowest BCUT2D eigenvalue weighted by molar-refractivity contribution is 0.172. The van der Waals surface area contributed by atoms with Crippen molar-refractivity contribution in [3.8, 4) is 0 Å². The first kappa shape index (κ1) is 8.53. The zero-order valence-corrected chi connectivity index (χ0v) is 8.08. The molecule has 1 fully saturated rings. The Hall–Kier alpha value is -1.06. The summed E-state index contributed by atoms with van der Waals surface area (Å²) < 4.78 is 0. The van der Waals surface area contributed by atoms with Crippen molar-refractivity contribution >= 4 is 11.9 Å². The summed E-state index contributed by atoms with van der Waals surface area (Å²) in [4.78, 5) is 17.0. The van der Waals surface area contributed by atoms with Gasteiger partial charge in [0.1, 0.15) is 11.4 Å². The molecule has 2 aliphatic rings. The van der Waals surface area contributed by atoms with E-state index in [1.165, 1.54) is 0 Å². The Labute approximate surface area is 77.8 Å². The number of hydrogen-bond acceptors (Lipinski definition) is 2. The van der Waals surface area contributed by atoms with Gasteiger partial charge in [0.15, 0.2) is 0 Å². The SMILES string of the molecule is CCN1C(=O)N=C(N)C1(C)C1CC1. The van der Waals surface area contributed by atoms with E-state index in [1.54, 1.807) is 4.90 Å². The van der Waals surface area contributed by atoms with E-state index < -0.39 is 0 Å². The number of hydrogen-bond donors (Lipinski definition) is 1. The van der Waals surface area contributed by atoms with Gasteiger partial charge in [0, 0.05) is 6.54 Å². The highest BCUT2D eigenvalue weighted by Gasteiger charge is 2.53. The van der Waals surface area contributed by atoms with Crippen molar-refractivity contribution in [1.29, 1.82) is 0 Å². The van der Waals surface area contributed by atoms with Gasteiger partial charge in [-0.05, 0) is 32.6 Å². The molecule has 1 atom stereocenters. The second-order valence-electron chi connectivity index (χ2n) is 3.95. The lowest BCUT2D eigenvalue weighted by atomic mass is 9.93. The van der Waals surface area contributed by atoms with E-state index in [1.807, 2.05) is 13.8 Å². The standard InChI is InChI=1S/C9H15N3O/c1-3-12-8(13)11-7(10)9(12,2)6-4-5-6/h6H,3-5H2,1-2H3,(H2,10,11,13). The van der Waals surface area contributed by atoms with Crippen LogP contribution >= 0.6 is 0 Å². The number of carbonyl (C=O) groups excluding carboxylic acids is 1. The Morgan fingerprint density at radius 2 is 2.31 bits per heavy atom. The topological polar surface area (TPSA) is 58.7 Å². The van der Waals surface area contributed by atoms with Crippen molar-refractivity contribution in [1.82, 2.24) is 4.90 Å². The van der Waals surface area contributed by atoms with Crippen LogP contribution in [0, 0.1) is 5.92 Å². The van der Waals surface area contributed by atoms with E-state index in [2.05, 4.69) is 4.99 Å². The normalized spacial score (nSPS) is 33.8. The average Bonchev–Trinajstić information content (AvgIpc) is 2.83. The molecule has 1 aliphatic carbocycles. The molecule has 0 aromatic carbocycles. The van der Waals surface area contributed by atoms with Gasteiger partial charge in [0.2, 0.25) is 0 Å². The summed E-state index contributed by atoms with van der Waals surface area (Å²) in [7, 11) is 0. The quantitative estimate of drug-likeness (QED) is 0.690. The second kappa shape index (κ2) is 2.47. The molecule has 2 amide bonds. The van der Waals surface area contributed by atoms with Gasteiger partial charge in [-0.3, -0.25) is 0 Å². The number of likely N-dealkylation sites (N-methyl/N-ethyl adjacent to an activating group) is 1. The lowest BCUT2D eigenvalue weighted by Gasteiger charge is -2.34. The van der Waals surface area contributed by atoms with Crippen LogP contribution in [0.25, 0.3) is 0 Å². The fourth-order valence-corrected chi connectivity index (χ4v) is 2.15. The Morgan fingerprint density at radius 3 is 2.77 bits per heavy atom. The molecule has 0 aromatic heterocycles. The van der Waals surface area contributed by atoms with Gasteiger partial charge in [-0.25, -0.2) is 4.79 Å². The molecular formula is C9H15N3O. The lowest BCUT2D eigenvalue weighted by Crippen LogP contribution is -2.53. The number of nitrogens with two attached hydrogens (primary N) is 1. The predicted molar refractivity (Wildman–Crippen MR) is 50.5 cm³/mol. The minimum Gasteiger partial charge on any atom is -0.385 e. The van der Waals surface area contributed by atoms with Crippen LogP contribution < -0.4 is 5.73 Å². The third-order valence-corrected chi connectivity index (χ3v) is 3.21. The van der Waals surface area contributed by atoms with Gasteiger partial charge in [0.25, 0.3) is 0 Å². The summed E-state index contributed by atoms with van der Waals surface area (Å²) >= 11 is 0. The van der Waals surface area contributed by atoms with E-state index in [-0.39, 0.29) is 11.6 Å². The highest BCUT2D eigenvalue weighted by molar-refractivity contribution is 6.05. The predicted octanol–water partition coefficient (Wildman–Crippen LogP) is 0.968. The van der Waals surface area contributed by atoms with Crippen molar-refractivity contribution in [2.45, 2.75) is 32.2 Å². The number of aliphatic imine (C=N–C) groups is 1. The number of rotatable bonds is 2. The summed E-state index contributed by atoms with van der Waals surface area (Å²) in [5, 5.41) is 0. The van der Waals surface area contributed by atoms with Gasteiger partial charge < -0.3 is 10.6 Å². The van der Waals surface area contributed by atoms with E-state index in [4.69, 9.17) is 5.73 Å². The van der Waals surface area contributed by atoms with Crippen molar-refractivity contribution in [2.24, 2.45) is 16.6 Å². The van der Waals surface area contributed by atoms with Gasteiger partial charge >= 0.3 is 6.03 Å². The molecule has 2 N–H and O–H groups in total. The molecule has 0 aromatic rings. The molecule has 1 saturated carbocycles. The largest absolute Gasteiger partial charge is 0.385 e. The van der Waals surface area contributed by atoms with E-state index >= 15 is 0 Å². The maximum Gasteiger partial charge on any atom is 0.346 e. The van der Waals surface area contributed by atoms with Crippen molar-refractivity contribution in [3.05, 3.63) is 0 Å². The molecule has 1 aliphatic heterocycles. The maximum atomic E-state index is 11.4. The molecule has 13 heavy (non-hydrogen) atoms. The Kier molecular flexibility index (Phi) is 1.62. The molecule has 72 valence electrons. The molecule has 4 heteroatoms. The zero-order chi connectivity index (χ0) is 9.64. The minimum absolute atomic E-state index is 0.172. The fraction of sp³-hybridized carbons (Fsp3) is 0.778. The summed E-state index contributed by atoms with van der Waals surface area (Å²) in [5.74, 6) is 1.03. The average molecular weight is 181 g/mol. The second-order valence-corrected chi connectivity index (χ2v) is 3.95. The van der Waals surface area contributed by atoms with Gasteiger partial charge in [-0.1, -0.05) is 0 Å². The summed E-state index contributed by atoms with van der Waals surface area (Å²) in [6, 6.07) is -0.172. The van der Waals surface area contributed by atoms with E-state index in [9.17, 15) is 4.79 Å². The van der Waals surface area contributed by atoms with Crippen molar-refractivity contribution in [2.75, 3.05) is 6.54 Å². The van der Waals surface area contributed by atoms with Crippen LogP contribution in [0.4, 0.5) is 4.79 Å². The Balaban J connectivity index is 2.33. The van der Waals surface area contributed by atoms with E-state index in [0.29, 0.717) is 18.3 Å². The maximum absolute atomic E-state index is 11.4. The van der Waals surface area contributed by atoms with Crippen LogP contribution in [0.3, 0.4) is 0 Å². The third-order valence-electron chi connectivity index (χ3n) is 3.21. The molecule has 0 bridgehead atoms. The van der Waals surface area contributed by atoms with Crippen molar-refractivity contribution < 1.29 is 4.79 Å². The number of urea groups is 1. The first-order valence-electron chi connectivity index (χ1n) is 4.77. The molecule has 1 heterocycles. The highest BCUT2D eigenvalue weighted by atomic mass is 16.2. The van der Waals surface area contributed by atoms with Crippen molar-refractivity contribution in [3.63, 3.8) is 0 Å². The zero-order valence-electron chi connectivity index (χ0n) is 8.08. The summed E-state index contributed by atoms with van der Waals surface area (Å²) in [6.45, 7) is 4.68. The van der Waals surface area contributed by atoms with Crippen LogP contribution in [0.5, 0.6) is 0 Å². The van der Waals surface area contributed by atoms with Crippen LogP contribution in [-0.2, 0) is 0 Å². The van der Waals surface area contributed by atoms with E-state index in [0.717, 1.165) is 12.8 Å². The first-order valence-corrected chi connectivity index (χ1v) is 4.77. The summed E-state index contributed by atoms with van der Waals surface area (Å²) in [5.41, 5.74) is 5.51.